The topological polar surface area (TPSA) is 12.5 Å². The Bertz CT molecular complexity index is 1170. The van der Waals surface area contributed by atoms with E-state index in [-0.39, 0.29) is 17.5 Å². The first-order valence-corrected chi connectivity index (χ1v) is 11.8. The van der Waals surface area contributed by atoms with Gasteiger partial charge in [0.1, 0.15) is 0 Å². The third-order valence-electron chi connectivity index (χ3n) is 6.15. The maximum atomic E-state index is 13.3. The van der Waals surface area contributed by atoms with Gasteiger partial charge in [-0.25, -0.2) is 0 Å². The normalized spacial score (nSPS) is 18.9. The molecule has 1 fully saturated rings. The van der Waals surface area contributed by atoms with E-state index in [1.165, 1.54) is 0 Å². The minimum atomic E-state index is -4.92. The van der Waals surface area contributed by atoms with Crippen molar-refractivity contribution in [3.05, 3.63) is 99.0 Å². The lowest BCUT2D eigenvalue weighted by molar-refractivity contribution is -0.143. The van der Waals surface area contributed by atoms with Crippen LogP contribution in [0.4, 0.5) is 32.0 Å². The second-order valence-corrected chi connectivity index (χ2v) is 9.43. The highest BCUT2D eigenvalue weighted by Crippen LogP contribution is 2.38. The summed E-state index contributed by atoms with van der Waals surface area (Å²) in [6.45, 7) is 0.715. The molecule has 36 heavy (non-hydrogen) atoms. The van der Waals surface area contributed by atoms with Crippen LogP contribution < -0.4 is 4.90 Å². The van der Waals surface area contributed by atoms with Gasteiger partial charge in [-0.05, 0) is 60.0 Å². The van der Waals surface area contributed by atoms with E-state index in [0.29, 0.717) is 41.7 Å². The van der Waals surface area contributed by atoms with Crippen molar-refractivity contribution in [1.82, 2.24) is 0 Å². The Labute approximate surface area is 214 Å². The number of halogens is 8. The van der Waals surface area contributed by atoms with Gasteiger partial charge in [0.05, 0.1) is 33.9 Å². The molecule has 3 aromatic rings. The molecule has 0 bridgehead atoms. The Morgan fingerprint density at radius 1 is 0.806 bits per heavy atom. The van der Waals surface area contributed by atoms with Gasteiger partial charge in [-0.3, -0.25) is 0 Å². The van der Waals surface area contributed by atoms with E-state index < -0.39 is 36.2 Å². The van der Waals surface area contributed by atoms with Gasteiger partial charge in [0.15, 0.2) is 0 Å². The summed E-state index contributed by atoms with van der Waals surface area (Å²) in [5.74, 6) is -0.249. The molecule has 1 heterocycles. The van der Waals surface area contributed by atoms with Crippen molar-refractivity contribution in [3.63, 3.8) is 0 Å². The predicted molar refractivity (Wildman–Crippen MR) is 127 cm³/mol. The molecule has 0 amide bonds. The number of hydrogen-bond donors (Lipinski definition) is 0. The number of alkyl halides is 6. The van der Waals surface area contributed by atoms with Crippen molar-refractivity contribution < 1.29 is 31.1 Å². The molecule has 2 atom stereocenters. The molecular formula is C26H21Cl2F6NO. The van der Waals surface area contributed by atoms with Crippen LogP contribution in [0.25, 0.3) is 0 Å². The fourth-order valence-electron chi connectivity index (χ4n) is 4.37. The molecule has 1 aliphatic heterocycles. The number of hydrogen-bond acceptors (Lipinski definition) is 2. The highest BCUT2D eigenvalue weighted by atomic mass is 35.5. The van der Waals surface area contributed by atoms with Gasteiger partial charge in [-0.1, -0.05) is 47.5 Å². The van der Waals surface area contributed by atoms with Gasteiger partial charge in [-0.15, -0.1) is 0 Å². The van der Waals surface area contributed by atoms with Crippen LogP contribution in [0.2, 0.25) is 10.0 Å². The minimum Gasteiger partial charge on any atom is -0.373 e. The van der Waals surface area contributed by atoms with Crippen molar-refractivity contribution in [2.75, 3.05) is 18.0 Å². The highest BCUT2D eigenvalue weighted by Gasteiger charge is 2.37. The lowest BCUT2D eigenvalue weighted by Crippen LogP contribution is -2.43. The van der Waals surface area contributed by atoms with E-state index in [2.05, 4.69) is 4.90 Å². The van der Waals surface area contributed by atoms with E-state index in [1.807, 2.05) is 30.3 Å². The summed E-state index contributed by atoms with van der Waals surface area (Å²) in [7, 11) is 0. The molecule has 0 aliphatic carbocycles. The van der Waals surface area contributed by atoms with E-state index in [9.17, 15) is 26.3 Å². The first kappa shape index (κ1) is 26.6. The first-order valence-electron chi connectivity index (χ1n) is 11.1. The maximum absolute atomic E-state index is 13.3. The van der Waals surface area contributed by atoms with Crippen LogP contribution in [0.15, 0.2) is 66.7 Å². The standard InChI is InChI=1S/C26H21Cl2F6NO/c27-22-7-6-17(12-23(22)28)21-14-35(20-4-2-1-3-5-20)9-8-24(21)36-15-16-10-18(25(29,30)31)13-19(11-16)26(32,33)34/h1-7,10-13,21,24H,8-9,14-15H2/t21-,24-/m0/s1. The molecule has 0 radical (unpaired) electrons. The maximum Gasteiger partial charge on any atom is 0.416 e. The number of anilines is 1. The molecule has 192 valence electrons. The van der Waals surface area contributed by atoms with Crippen molar-refractivity contribution >= 4 is 28.9 Å². The lowest BCUT2D eigenvalue weighted by Gasteiger charge is -2.40. The molecule has 4 rings (SSSR count). The smallest absolute Gasteiger partial charge is 0.373 e. The Hall–Kier alpha value is -2.42. The Kier molecular flexibility index (Phi) is 7.78. The summed E-state index contributed by atoms with van der Waals surface area (Å²) in [6.07, 6.45) is -9.80. The number of para-hydroxylation sites is 1. The van der Waals surface area contributed by atoms with Crippen LogP contribution in [0.1, 0.15) is 34.6 Å². The van der Waals surface area contributed by atoms with Gasteiger partial charge in [-0.2, -0.15) is 26.3 Å². The molecule has 2 nitrogen and oxygen atoms in total. The monoisotopic (exact) mass is 547 g/mol. The SMILES string of the molecule is FC(F)(F)c1cc(CO[C@H]2CCN(c3ccccc3)C[C@H]2c2ccc(Cl)c(Cl)c2)cc(C(F)(F)F)c1. The fraction of sp³-hybridized carbons (Fsp3) is 0.308. The van der Waals surface area contributed by atoms with Crippen LogP contribution in [-0.4, -0.2) is 19.2 Å². The predicted octanol–water partition coefficient (Wildman–Crippen LogP) is 8.61. The van der Waals surface area contributed by atoms with Crippen molar-refractivity contribution in [2.45, 2.75) is 37.4 Å². The molecule has 0 spiro atoms. The molecule has 0 saturated carbocycles. The summed E-state index contributed by atoms with van der Waals surface area (Å²) < 4.78 is 85.5. The molecule has 0 unspecified atom stereocenters. The number of ether oxygens (including phenoxy) is 1. The van der Waals surface area contributed by atoms with E-state index >= 15 is 0 Å². The van der Waals surface area contributed by atoms with Gasteiger partial charge < -0.3 is 9.64 Å². The Morgan fingerprint density at radius 2 is 1.44 bits per heavy atom. The molecule has 3 aromatic carbocycles. The summed E-state index contributed by atoms with van der Waals surface area (Å²) in [5, 5.41) is 0.717. The van der Waals surface area contributed by atoms with Crippen LogP contribution in [0.5, 0.6) is 0 Å². The summed E-state index contributed by atoms with van der Waals surface area (Å²) in [5.41, 5.74) is -1.12. The number of benzene rings is 3. The third kappa shape index (κ3) is 6.28. The fourth-order valence-corrected chi connectivity index (χ4v) is 4.68. The van der Waals surface area contributed by atoms with E-state index in [1.54, 1.807) is 18.2 Å². The van der Waals surface area contributed by atoms with Gasteiger partial charge in [0.25, 0.3) is 0 Å². The lowest BCUT2D eigenvalue weighted by atomic mass is 9.87. The Balaban J connectivity index is 1.60. The molecule has 0 N–H and O–H groups in total. The van der Waals surface area contributed by atoms with E-state index in [4.69, 9.17) is 27.9 Å². The number of nitrogens with zero attached hydrogens (tertiary/aromatic N) is 1. The second kappa shape index (κ2) is 10.5. The van der Waals surface area contributed by atoms with Crippen molar-refractivity contribution in [2.24, 2.45) is 0 Å². The Morgan fingerprint density at radius 3 is 2.03 bits per heavy atom. The first-order chi connectivity index (χ1) is 16.9. The molecule has 1 saturated heterocycles. The summed E-state index contributed by atoms with van der Waals surface area (Å²) in [4.78, 5) is 2.15. The molecule has 10 heteroatoms. The minimum absolute atomic E-state index is 0.111. The van der Waals surface area contributed by atoms with Crippen molar-refractivity contribution in [1.29, 1.82) is 0 Å². The number of rotatable bonds is 5. The van der Waals surface area contributed by atoms with Gasteiger partial charge >= 0.3 is 12.4 Å². The molecule has 1 aliphatic rings. The van der Waals surface area contributed by atoms with Gasteiger partial charge in [0.2, 0.25) is 0 Å². The zero-order valence-corrected chi connectivity index (χ0v) is 20.2. The average Bonchev–Trinajstić information content (AvgIpc) is 2.83. The zero-order valence-electron chi connectivity index (χ0n) is 18.7. The summed E-state index contributed by atoms with van der Waals surface area (Å²) in [6, 6.07) is 16.3. The number of piperidine rings is 1. The average molecular weight is 548 g/mol. The quantitative estimate of drug-likeness (QED) is 0.296. The third-order valence-corrected chi connectivity index (χ3v) is 6.89. The highest BCUT2D eigenvalue weighted by molar-refractivity contribution is 6.42. The van der Waals surface area contributed by atoms with Crippen LogP contribution in [0, 0.1) is 0 Å². The zero-order chi connectivity index (χ0) is 26.1. The molecule has 0 aromatic heterocycles. The van der Waals surface area contributed by atoms with Crippen LogP contribution in [0.3, 0.4) is 0 Å². The van der Waals surface area contributed by atoms with Gasteiger partial charge in [0, 0.05) is 24.7 Å². The summed E-state index contributed by atoms with van der Waals surface area (Å²) >= 11 is 12.3. The second-order valence-electron chi connectivity index (χ2n) is 8.61. The van der Waals surface area contributed by atoms with Crippen molar-refractivity contribution in [3.8, 4) is 0 Å². The van der Waals surface area contributed by atoms with Crippen LogP contribution >= 0.6 is 23.2 Å². The van der Waals surface area contributed by atoms with Crippen LogP contribution in [-0.2, 0) is 23.7 Å². The van der Waals surface area contributed by atoms with E-state index in [0.717, 1.165) is 11.3 Å². The largest absolute Gasteiger partial charge is 0.416 e. The molecular weight excluding hydrogens is 527 g/mol.